The Morgan fingerprint density at radius 3 is 1.61 bits per heavy atom. The van der Waals surface area contributed by atoms with Crippen LogP contribution in [0.15, 0.2) is 18.2 Å². The third-order valence-corrected chi connectivity index (χ3v) is 7.45. The highest BCUT2D eigenvalue weighted by molar-refractivity contribution is 7.90. The summed E-state index contributed by atoms with van der Waals surface area (Å²) in [5, 5.41) is 2.81. The molecule has 33 heavy (non-hydrogen) atoms. The van der Waals surface area contributed by atoms with Gasteiger partial charge in [0, 0.05) is 5.69 Å². The number of benzene rings is 1. The topological polar surface area (TPSA) is 75.3 Å². The van der Waals surface area contributed by atoms with E-state index in [4.69, 9.17) is 0 Å². The van der Waals surface area contributed by atoms with Crippen molar-refractivity contribution < 1.29 is 13.2 Å². The molecular formula is C27H48N2O3S. The van der Waals surface area contributed by atoms with E-state index in [9.17, 15) is 13.2 Å². The molecule has 190 valence electrons. The van der Waals surface area contributed by atoms with Gasteiger partial charge in [-0.25, -0.2) is 17.9 Å². The number of para-hydroxylation sites is 1. The van der Waals surface area contributed by atoms with Gasteiger partial charge in [-0.15, -0.1) is 0 Å². The average Bonchev–Trinajstić information content (AvgIpc) is 2.73. The van der Waals surface area contributed by atoms with Gasteiger partial charge in [0.2, 0.25) is 10.0 Å². The van der Waals surface area contributed by atoms with Crippen LogP contribution < -0.4 is 10.0 Å². The summed E-state index contributed by atoms with van der Waals surface area (Å²) in [5.41, 5.74) is 2.74. The van der Waals surface area contributed by atoms with E-state index in [1.54, 1.807) is 0 Å². The first-order valence-electron chi connectivity index (χ1n) is 13.1. The Morgan fingerprint density at radius 1 is 0.758 bits per heavy atom. The van der Waals surface area contributed by atoms with Crippen LogP contribution in [0.2, 0.25) is 0 Å². The van der Waals surface area contributed by atoms with E-state index in [0.29, 0.717) is 6.42 Å². The standard InChI is InChI=1S/C27H48N2O3S/c1-6-7-8-9-10-11-12-13-14-15-16-17-21-33(31,32)29-27(30)28-26-24(22(2)3)19-18-20-25(26)23(4)5/h18-20,22-23H,6-17,21H2,1-5H3,(H2,28,29,30). The minimum absolute atomic E-state index is 0.0132. The number of rotatable bonds is 17. The molecule has 1 rings (SSSR count). The summed E-state index contributed by atoms with van der Waals surface area (Å²) in [6, 6.07) is 5.27. The quantitative estimate of drug-likeness (QED) is 0.221. The molecule has 2 N–H and O–H groups in total. The van der Waals surface area contributed by atoms with Crippen molar-refractivity contribution in [1.82, 2.24) is 4.72 Å². The summed E-state index contributed by atoms with van der Waals surface area (Å²) in [6.45, 7) is 10.5. The minimum atomic E-state index is -3.64. The van der Waals surface area contributed by atoms with Gasteiger partial charge in [-0.1, -0.05) is 123 Å². The van der Waals surface area contributed by atoms with Gasteiger partial charge in [0.15, 0.2) is 0 Å². The maximum Gasteiger partial charge on any atom is 0.332 e. The zero-order chi connectivity index (χ0) is 24.7. The van der Waals surface area contributed by atoms with Crippen molar-refractivity contribution in [1.29, 1.82) is 0 Å². The molecule has 0 fully saturated rings. The molecular weight excluding hydrogens is 432 g/mol. The van der Waals surface area contributed by atoms with Crippen molar-refractivity contribution in [2.45, 2.75) is 124 Å². The monoisotopic (exact) mass is 480 g/mol. The summed E-state index contributed by atoms with van der Waals surface area (Å²) < 4.78 is 27.0. The van der Waals surface area contributed by atoms with Gasteiger partial charge in [-0.3, -0.25) is 0 Å². The number of carbonyl (C=O) groups is 1. The molecule has 0 aliphatic carbocycles. The molecule has 0 atom stereocenters. The van der Waals surface area contributed by atoms with E-state index in [2.05, 4.69) is 44.7 Å². The molecule has 0 saturated carbocycles. The first-order valence-corrected chi connectivity index (χ1v) is 14.8. The fraction of sp³-hybridized carbons (Fsp3) is 0.741. The molecule has 0 bridgehead atoms. The zero-order valence-electron chi connectivity index (χ0n) is 21.7. The molecule has 0 spiro atoms. The normalized spacial score (nSPS) is 11.8. The third kappa shape index (κ3) is 12.5. The third-order valence-electron chi connectivity index (χ3n) is 6.13. The largest absolute Gasteiger partial charge is 0.332 e. The Labute approximate surface area is 203 Å². The maximum atomic E-state index is 12.5. The summed E-state index contributed by atoms with van der Waals surface area (Å²) >= 11 is 0. The van der Waals surface area contributed by atoms with Gasteiger partial charge < -0.3 is 5.32 Å². The Kier molecular flexibility index (Phi) is 14.4. The molecule has 5 nitrogen and oxygen atoms in total. The highest BCUT2D eigenvalue weighted by Crippen LogP contribution is 2.32. The number of sulfonamides is 1. The molecule has 0 radical (unpaired) electrons. The number of amides is 2. The van der Waals surface area contributed by atoms with Gasteiger partial charge in [-0.2, -0.15) is 0 Å². The van der Waals surface area contributed by atoms with E-state index >= 15 is 0 Å². The van der Waals surface area contributed by atoms with Crippen LogP contribution >= 0.6 is 0 Å². The number of anilines is 1. The SMILES string of the molecule is CCCCCCCCCCCCCCS(=O)(=O)NC(=O)Nc1c(C(C)C)cccc1C(C)C. The van der Waals surface area contributed by atoms with E-state index in [1.807, 2.05) is 18.2 Å². The van der Waals surface area contributed by atoms with E-state index in [1.165, 1.54) is 51.4 Å². The first kappa shape index (κ1) is 29.5. The zero-order valence-corrected chi connectivity index (χ0v) is 22.5. The van der Waals surface area contributed by atoms with Crippen LogP contribution in [0.25, 0.3) is 0 Å². The molecule has 0 aliphatic rings. The minimum Gasteiger partial charge on any atom is -0.307 e. The molecule has 0 saturated heterocycles. The lowest BCUT2D eigenvalue weighted by atomic mass is 9.93. The van der Waals surface area contributed by atoms with Crippen LogP contribution in [0.5, 0.6) is 0 Å². The van der Waals surface area contributed by atoms with Crippen molar-refractivity contribution in [2.24, 2.45) is 0 Å². The number of nitrogens with one attached hydrogen (secondary N) is 2. The molecule has 2 amide bonds. The average molecular weight is 481 g/mol. The summed E-state index contributed by atoms with van der Waals surface area (Å²) in [4.78, 5) is 12.5. The van der Waals surface area contributed by atoms with Gasteiger partial charge in [0.25, 0.3) is 0 Å². The predicted molar refractivity (Wildman–Crippen MR) is 142 cm³/mol. The lowest BCUT2D eigenvalue weighted by Gasteiger charge is -2.20. The summed E-state index contributed by atoms with van der Waals surface area (Å²) in [5.74, 6) is 0.425. The predicted octanol–water partition coefficient (Wildman–Crippen LogP) is 8.09. The smallest absolute Gasteiger partial charge is 0.307 e. The van der Waals surface area contributed by atoms with Gasteiger partial charge in [0.05, 0.1) is 5.75 Å². The van der Waals surface area contributed by atoms with Crippen molar-refractivity contribution in [2.75, 3.05) is 11.1 Å². The molecule has 0 aliphatic heterocycles. The van der Waals surface area contributed by atoms with E-state index in [0.717, 1.165) is 36.1 Å². The van der Waals surface area contributed by atoms with Crippen LogP contribution in [0.4, 0.5) is 10.5 Å². The van der Waals surface area contributed by atoms with Crippen molar-refractivity contribution in [3.05, 3.63) is 29.3 Å². The lowest BCUT2D eigenvalue weighted by molar-refractivity contribution is 0.256. The number of unbranched alkanes of at least 4 members (excludes halogenated alkanes) is 11. The Hall–Kier alpha value is -1.56. The van der Waals surface area contributed by atoms with Crippen molar-refractivity contribution in [3.63, 3.8) is 0 Å². The fourth-order valence-corrected chi connectivity index (χ4v) is 5.18. The number of urea groups is 1. The van der Waals surface area contributed by atoms with Gasteiger partial charge >= 0.3 is 6.03 Å². The lowest BCUT2D eigenvalue weighted by Crippen LogP contribution is -2.36. The summed E-state index contributed by atoms with van der Waals surface area (Å²) in [6.07, 6.45) is 14.2. The highest BCUT2D eigenvalue weighted by atomic mass is 32.2. The second-order valence-electron chi connectivity index (χ2n) is 9.89. The molecule has 6 heteroatoms. The first-order chi connectivity index (χ1) is 15.7. The Morgan fingerprint density at radius 2 is 1.18 bits per heavy atom. The number of carbonyl (C=O) groups excluding carboxylic acids is 1. The second-order valence-corrected chi connectivity index (χ2v) is 11.7. The van der Waals surface area contributed by atoms with E-state index in [-0.39, 0.29) is 17.6 Å². The second kappa shape index (κ2) is 16.1. The molecule has 0 heterocycles. The molecule has 0 aromatic heterocycles. The van der Waals surface area contributed by atoms with Gasteiger partial charge in [-0.05, 0) is 29.4 Å². The van der Waals surface area contributed by atoms with Crippen LogP contribution in [0.3, 0.4) is 0 Å². The Balaban J connectivity index is 2.34. The van der Waals surface area contributed by atoms with Crippen LogP contribution in [-0.4, -0.2) is 20.2 Å². The number of hydrogen-bond acceptors (Lipinski definition) is 3. The van der Waals surface area contributed by atoms with Gasteiger partial charge in [0.1, 0.15) is 0 Å². The Bertz CT molecular complexity index is 762. The number of hydrogen-bond donors (Lipinski definition) is 2. The molecule has 1 aromatic rings. The summed E-state index contributed by atoms with van der Waals surface area (Å²) in [7, 11) is -3.64. The molecule has 0 unspecified atom stereocenters. The maximum absolute atomic E-state index is 12.5. The fourth-order valence-electron chi connectivity index (χ4n) is 4.16. The van der Waals surface area contributed by atoms with Crippen molar-refractivity contribution >= 4 is 21.7 Å². The van der Waals surface area contributed by atoms with Crippen LogP contribution in [0, 0.1) is 0 Å². The van der Waals surface area contributed by atoms with Crippen LogP contribution in [-0.2, 0) is 10.0 Å². The highest BCUT2D eigenvalue weighted by Gasteiger charge is 2.19. The molecule has 1 aromatic carbocycles. The van der Waals surface area contributed by atoms with Crippen LogP contribution in [0.1, 0.15) is 135 Å². The van der Waals surface area contributed by atoms with E-state index < -0.39 is 16.1 Å². The van der Waals surface area contributed by atoms with Crippen molar-refractivity contribution in [3.8, 4) is 0 Å².